The molecule has 0 saturated carbocycles. The van der Waals surface area contributed by atoms with E-state index >= 15 is 0 Å². The summed E-state index contributed by atoms with van der Waals surface area (Å²) < 4.78 is 26.5. The van der Waals surface area contributed by atoms with Crippen LogP contribution >= 0.6 is 11.3 Å². The smallest absolute Gasteiger partial charge is 0.270 e. The molecule has 1 heterocycles. The van der Waals surface area contributed by atoms with Crippen LogP contribution in [0.4, 0.5) is 17.1 Å². The van der Waals surface area contributed by atoms with Gasteiger partial charge in [0.05, 0.1) is 16.3 Å². The van der Waals surface area contributed by atoms with Gasteiger partial charge in [-0.25, -0.2) is 8.42 Å². The molecule has 2 aromatic rings. The first-order valence-electron chi connectivity index (χ1n) is 4.99. The Bertz CT molecular complexity index is 710. The van der Waals surface area contributed by atoms with Gasteiger partial charge < -0.3 is 5.73 Å². The Balaban J connectivity index is 2.45. The second-order valence-corrected chi connectivity index (χ2v) is 6.03. The normalized spacial score (nSPS) is 11.2. The van der Waals surface area contributed by atoms with Crippen LogP contribution in [0.1, 0.15) is 0 Å². The minimum atomic E-state index is -3.94. The van der Waals surface area contributed by atoms with Crippen LogP contribution in [0.2, 0.25) is 0 Å². The van der Waals surface area contributed by atoms with Crippen molar-refractivity contribution in [3.63, 3.8) is 0 Å². The number of benzene rings is 1. The molecule has 9 heteroatoms. The highest BCUT2D eigenvalue weighted by Crippen LogP contribution is 2.26. The van der Waals surface area contributed by atoms with E-state index in [4.69, 9.17) is 5.73 Å². The van der Waals surface area contributed by atoms with Gasteiger partial charge in [0.15, 0.2) is 0 Å². The fourth-order valence-electron chi connectivity index (χ4n) is 1.40. The van der Waals surface area contributed by atoms with Crippen molar-refractivity contribution >= 4 is 38.4 Å². The zero-order chi connectivity index (χ0) is 14.0. The molecule has 0 bridgehead atoms. The van der Waals surface area contributed by atoms with Gasteiger partial charge in [-0.2, -0.15) is 11.3 Å². The number of sulfonamides is 1. The van der Waals surface area contributed by atoms with E-state index in [1.807, 2.05) is 0 Å². The Hall–Kier alpha value is -2.13. The van der Waals surface area contributed by atoms with E-state index < -0.39 is 14.9 Å². The molecule has 0 unspecified atom stereocenters. The summed E-state index contributed by atoms with van der Waals surface area (Å²) in [5.74, 6) is 0. The molecule has 0 saturated heterocycles. The SMILES string of the molecule is Nc1ccc([N+](=O)[O-])cc1S(=O)(=O)Nc1ccsc1. The monoisotopic (exact) mass is 299 g/mol. The van der Waals surface area contributed by atoms with Crippen LogP contribution in [-0.4, -0.2) is 13.3 Å². The third kappa shape index (κ3) is 2.83. The topological polar surface area (TPSA) is 115 Å². The van der Waals surface area contributed by atoms with Crippen molar-refractivity contribution in [2.45, 2.75) is 4.90 Å². The Labute approximate surface area is 112 Å². The number of thiophene rings is 1. The molecule has 7 nitrogen and oxygen atoms in total. The molecule has 0 radical (unpaired) electrons. The lowest BCUT2D eigenvalue weighted by Gasteiger charge is -2.08. The fourth-order valence-corrected chi connectivity index (χ4v) is 3.27. The molecule has 3 N–H and O–H groups in total. The first-order valence-corrected chi connectivity index (χ1v) is 7.42. The summed E-state index contributed by atoms with van der Waals surface area (Å²) in [6.45, 7) is 0. The van der Waals surface area contributed by atoms with Crippen molar-refractivity contribution in [3.05, 3.63) is 45.1 Å². The van der Waals surface area contributed by atoms with E-state index in [0.717, 1.165) is 12.1 Å². The van der Waals surface area contributed by atoms with Crippen molar-refractivity contribution in [3.8, 4) is 0 Å². The average Bonchev–Trinajstić information content (AvgIpc) is 2.81. The number of nitrogens with two attached hydrogens (primary N) is 1. The second kappa shape index (κ2) is 4.86. The molecule has 2 rings (SSSR count). The maximum Gasteiger partial charge on any atom is 0.270 e. The van der Waals surface area contributed by atoms with E-state index in [2.05, 4.69) is 4.72 Å². The van der Waals surface area contributed by atoms with Crippen LogP contribution in [0.3, 0.4) is 0 Å². The van der Waals surface area contributed by atoms with E-state index in [9.17, 15) is 18.5 Å². The molecule has 1 aromatic heterocycles. The summed E-state index contributed by atoms with van der Waals surface area (Å²) in [5.41, 5.74) is 5.57. The molecule has 0 spiro atoms. The zero-order valence-electron chi connectivity index (χ0n) is 9.44. The number of hydrogen-bond donors (Lipinski definition) is 2. The molecule has 19 heavy (non-hydrogen) atoms. The summed E-state index contributed by atoms with van der Waals surface area (Å²) in [5, 5.41) is 14.0. The summed E-state index contributed by atoms with van der Waals surface area (Å²) in [6.07, 6.45) is 0. The second-order valence-electron chi connectivity index (χ2n) is 3.60. The van der Waals surface area contributed by atoms with E-state index in [1.165, 1.54) is 17.4 Å². The number of nitrogen functional groups attached to an aromatic ring is 1. The van der Waals surface area contributed by atoms with Gasteiger partial charge in [0.25, 0.3) is 15.7 Å². The number of nitrogens with zero attached hydrogens (tertiary/aromatic N) is 1. The average molecular weight is 299 g/mol. The van der Waals surface area contributed by atoms with Crippen molar-refractivity contribution < 1.29 is 13.3 Å². The first kappa shape index (κ1) is 13.3. The predicted octanol–water partition coefficient (Wildman–Crippen LogP) is 2.04. The Morgan fingerprint density at radius 3 is 2.63 bits per heavy atom. The van der Waals surface area contributed by atoms with E-state index in [1.54, 1.807) is 16.8 Å². The largest absolute Gasteiger partial charge is 0.398 e. The summed E-state index contributed by atoms with van der Waals surface area (Å²) >= 11 is 1.32. The number of hydrogen-bond acceptors (Lipinski definition) is 6. The van der Waals surface area contributed by atoms with Crippen LogP contribution < -0.4 is 10.5 Å². The summed E-state index contributed by atoms with van der Waals surface area (Å²) in [4.78, 5) is 9.67. The Morgan fingerprint density at radius 2 is 2.05 bits per heavy atom. The molecule has 0 aliphatic rings. The maximum absolute atomic E-state index is 12.1. The fraction of sp³-hybridized carbons (Fsp3) is 0. The number of anilines is 2. The third-order valence-electron chi connectivity index (χ3n) is 2.27. The van der Waals surface area contributed by atoms with Crippen LogP contribution in [0.5, 0.6) is 0 Å². The highest BCUT2D eigenvalue weighted by Gasteiger charge is 2.21. The lowest BCUT2D eigenvalue weighted by Crippen LogP contribution is -2.14. The van der Waals surface area contributed by atoms with Gasteiger partial charge in [-0.05, 0) is 17.5 Å². The number of rotatable bonds is 4. The van der Waals surface area contributed by atoms with Gasteiger partial charge in [0.2, 0.25) is 0 Å². The first-order chi connectivity index (χ1) is 8.90. The van der Waals surface area contributed by atoms with Gasteiger partial charge in [-0.15, -0.1) is 0 Å². The Kier molecular flexibility index (Phi) is 3.40. The van der Waals surface area contributed by atoms with E-state index in [0.29, 0.717) is 5.69 Å². The van der Waals surface area contributed by atoms with Crippen molar-refractivity contribution in [2.75, 3.05) is 10.5 Å². The van der Waals surface area contributed by atoms with Gasteiger partial charge >= 0.3 is 0 Å². The van der Waals surface area contributed by atoms with Crippen LogP contribution in [0, 0.1) is 10.1 Å². The minimum absolute atomic E-state index is 0.0478. The Morgan fingerprint density at radius 1 is 1.32 bits per heavy atom. The number of nitro benzene ring substituents is 1. The molecule has 1 aromatic carbocycles. The van der Waals surface area contributed by atoms with Crippen LogP contribution in [0.25, 0.3) is 0 Å². The standard InChI is InChI=1S/C10H9N3O4S2/c11-9-2-1-8(13(14)15)5-10(9)19(16,17)12-7-3-4-18-6-7/h1-6,12H,11H2. The lowest BCUT2D eigenvalue weighted by atomic mass is 10.3. The molecule has 0 fully saturated rings. The van der Waals surface area contributed by atoms with Crippen molar-refractivity contribution in [1.29, 1.82) is 0 Å². The molecule has 0 atom stereocenters. The number of nitro groups is 1. The molecule has 0 amide bonds. The molecule has 0 aliphatic carbocycles. The zero-order valence-corrected chi connectivity index (χ0v) is 11.1. The summed E-state index contributed by atoms with van der Waals surface area (Å²) in [7, 11) is -3.94. The molecular weight excluding hydrogens is 290 g/mol. The highest BCUT2D eigenvalue weighted by atomic mass is 32.2. The van der Waals surface area contributed by atoms with Gasteiger partial charge in [0, 0.05) is 17.5 Å². The molecule has 0 aliphatic heterocycles. The van der Waals surface area contributed by atoms with Crippen molar-refractivity contribution in [2.24, 2.45) is 0 Å². The quantitative estimate of drug-likeness (QED) is 0.509. The third-order valence-corrected chi connectivity index (χ3v) is 4.39. The van der Waals surface area contributed by atoms with Crippen LogP contribution in [-0.2, 0) is 10.0 Å². The van der Waals surface area contributed by atoms with E-state index in [-0.39, 0.29) is 16.3 Å². The van der Waals surface area contributed by atoms with Gasteiger partial charge in [-0.3, -0.25) is 14.8 Å². The number of nitrogens with one attached hydrogen (secondary N) is 1. The van der Waals surface area contributed by atoms with Crippen molar-refractivity contribution in [1.82, 2.24) is 0 Å². The minimum Gasteiger partial charge on any atom is -0.398 e. The lowest BCUT2D eigenvalue weighted by molar-refractivity contribution is -0.385. The van der Waals surface area contributed by atoms with Gasteiger partial charge in [0.1, 0.15) is 4.90 Å². The van der Waals surface area contributed by atoms with Crippen LogP contribution in [0.15, 0.2) is 39.9 Å². The van der Waals surface area contributed by atoms with Gasteiger partial charge in [-0.1, -0.05) is 0 Å². The highest BCUT2D eigenvalue weighted by molar-refractivity contribution is 7.92. The number of non-ortho nitro benzene ring substituents is 1. The summed E-state index contributed by atoms with van der Waals surface area (Å²) in [6, 6.07) is 4.86. The predicted molar refractivity (Wildman–Crippen MR) is 72.6 cm³/mol. The maximum atomic E-state index is 12.1. The molecular formula is C10H9N3O4S2. The molecule has 100 valence electrons.